The van der Waals surface area contributed by atoms with Crippen molar-refractivity contribution in [2.24, 2.45) is 5.73 Å². The quantitative estimate of drug-likeness (QED) is 0.928. The molecule has 2 saturated heterocycles. The monoisotopic (exact) mass is 288 g/mol. The van der Waals surface area contributed by atoms with Crippen molar-refractivity contribution < 1.29 is 0 Å². The van der Waals surface area contributed by atoms with Gasteiger partial charge in [-0.15, -0.1) is 0 Å². The molecule has 4 nitrogen and oxygen atoms in total. The van der Waals surface area contributed by atoms with E-state index in [4.69, 9.17) is 5.73 Å². The number of likely N-dealkylation sites (tertiary alicyclic amines) is 1. The summed E-state index contributed by atoms with van der Waals surface area (Å²) < 4.78 is 0. The van der Waals surface area contributed by atoms with Crippen LogP contribution >= 0.6 is 0 Å². The second-order valence-electron chi connectivity index (χ2n) is 6.55. The standard InChI is InChI=1S/C17H28N4/c1-14(18)15-5-6-17(19-13-15)21-11-7-16(8-12-21)20-9-3-2-4-10-20/h5-6,13-14,16H,2-4,7-12,18H2,1H3/t14-/m0/s1. The molecule has 1 aromatic rings. The molecule has 4 heteroatoms. The van der Waals surface area contributed by atoms with E-state index in [2.05, 4.69) is 26.9 Å². The van der Waals surface area contributed by atoms with Gasteiger partial charge in [0.15, 0.2) is 0 Å². The molecule has 2 aliphatic rings. The first-order valence-corrected chi connectivity index (χ1v) is 8.44. The summed E-state index contributed by atoms with van der Waals surface area (Å²) in [6.07, 6.45) is 8.68. The van der Waals surface area contributed by atoms with Gasteiger partial charge in [-0.05, 0) is 57.3 Å². The van der Waals surface area contributed by atoms with Gasteiger partial charge in [0.05, 0.1) is 0 Å². The molecular weight excluding hydrogens is 260 g/mol. The molecule has 0 aromatic carbocycles. The van der Waals surface area contributed by atoms with Gasteiger partial charge in [0.2, 0.25) is 0 Å². The van der Waals surface area contributed by atoms with Crippen molar-refractivity contribution in [2.45, 2.75) is 51.1 Å². The highest BCUT2D eigenvalue weighted by Gasteiger charge is 2.25. The first-order valence-electron chi connectivity index (χ1n) is 8.44. The molecule has 0 spiro atoms. The van der Waals surface area contributed by atoms with E-state index in [1.165, 1.54) is 45.2 Å². The molecule has 1 atom stereocenters. The van der Waals surface area contributed by atoms with Crippen LogP contribution in [0.5, 0.6) is 0 Å². The Morgan fingerprint density at radius 2 is 1.81 bits per heavy atom. The normalized spacial score (nSPS) is 23.2. The van der Waals surface area contributed by atoms with Crippen LogP contribution in [0.3, 0.4) is 0 Å². The van der Waals surface area contributed by atoms with Gasteiger partial charge in [0.25, 0.3) is 0 Å². The summed E-state index contributed by atoms with van der Waals surface area (Å²) in [5, 5.41) is 0. The van der Waals surface area contributed by atoms with E-state index in [0.29, 0.717) is 0 Å². The van der Waals surface area contributed by atoms with Crippen LogP contribution in [-0.2, 0) is 0 Å². The fraction of sp³-hybridized carbons (Fsp3) is 0.706. The van der Waals surface area contributed by atoms with Gasteiger partial charge in [-0.2, -0.15) is 0 Å². The minimum absolute atomic E-state index is 0.0661. The molecule has 0 radical (unpaired) electrons. The number of hydrogen-bond acceptors (Lipinski definition) is 4. The topological polar surface area (TPSA) is 45.4 Å². The molecule has 116 valence electrons. The maximum absolute atomic E-state index is 5.88. The second-order valence-corrected chi connectivity index (χ2v) is 6.55. The van der Waals surface area contributed by atoms with Crippen molar-refractivity contribution in [1.29, 1.82) is 0 Å². The molecule has 1 aromatic heterocycles. The zero-order chi connectivity index (χ0) is 14.7. The summed E-state index contributed by atoms with van der Waals surface area (Å²) in [6.45, 7) is 6.89. The van der Waals surface area contributed by atoms with Gasteiger partial charge in [-0.3, -0.25) is 0 Å². The first kappa shape index (κ1) is 14.8. The van der Waals surface area contributed by atoms with Crippen LogP contribution in [0, 0.1) is 0 Å². The van der Waals surface area contributed by atoms with E-state index >= 15 is 0 Å². The lowest BCUT2D eigenvalue weighted by atomic mass is 10.00. The van der Waals surface area contributed by atoms with Crippen molar-refractivity contribution >= 4 is 5.82 Å². The Morgan fingerprint density at radius 1 is 1.10 bits per heavy atom. The van der Waals surface area contributed by atoms with Crippen molar-refractivity contribution in [1.82, 2.24) is 9.88 Å². The Kier molecular flexibility index (Phi) is 4.76. The number of rotatable bonds is 3. The van der Waals surface area contributed by atoms with E-state index < -0.39 is 0 Å². The van der Waals surface area contributed by atoms with Crippen LogP contribution in [0.2, 0.25) is 0 Å². The number of anilines is 1. The van der Waals surface area contributed by atoms with Crippen LogP contribution in [0.4, 0.5) is 5.82 Å². The molecule has 2 N–H and O–H groups in total. The van der Waals surface area contributed by atoms with Gasteiger partial charge >= 0.3 is 0 Å². The molecule has 3 heterocycles. The van der Waals surface area contributed by atoms with Gasteiger partial charge < -0.3 is 15.5 Å². The van der Waals surface area contributed by atoms with Crippen LogP contribution in [0.15, 0.2) is 18.3 Å². The highest BCUT2D eigenvalue weighted by molar-refractivity contribution is 5.40. The van der Waals surface area contributed by atoms with Crippen molar-refractivity contribution in [2.75, 3.05) is 31.1 Å². The minimum Gasteiger partial charge on any atom is -0.357 e. The number of piperidine rings is 2. The Labute approximate surface area is 128 Å². The third-order valence-corrected chi connectivity index (χ3v) is 4.99. The lowest BCUT2D eigenvalue weighted by Gasteiger charge is -2.40. The summed E-state index contributed by atoms with van der Waals surface area (Å²) in [5.41, 5.74) is 7.00. The molecule has 2 aliphatic heterocycles. The smallest absolute Gasteiger partial charge is 0.128 e. The third-order valence-electron chi connectivity index (χ3n) is 4.99. The molecule has 0 amide bonds. The Bertz CT molecular complexity index is 429. The molecule has 3 rings (SSSR count). The Hall–Kier alpha value is -1.13. The van der Waals surface area contributed by atoms with E-state index in [1.807, 2.05) is 13.1 Å². The highest BCUT2D eigenvalue weighted by atomic mass is 15.2. The molecule has 0 aliphatic carbocycles. The van der Waals surface area contributed by atoms with Gasteiger partial charge in [0, 0.05) is 31.4 Å². The summed E-state index contributed by atoms with van der Waals surface area (Å²) in [6, 6.07) is 5.10. The summed E-state index contributed by atoms with van der Waals surface area (Å²) >= 11 is 0. The van der Waals surface area contributed by atoms with Crippen LogP contribution < -0.4 is 10.6 Å². The van der Waals surface area contributed by atoms with Crippen LogP contribution in [0.25, 0.3) is 0 Å². The maximum Gasteiger partial charge on any atom is 0.128 e. The zero-order valence-electron chi connectivity index (χ0n) is 13.2. The van der Waals surface area contributed by atoms with Gasteiger partial charge in [0.1, 0.15) is 5.82 Å². The van der Waals surface area contributed by atoms with E-state index in [1.54, 1.807) is 0 Å². The van der Waals surface area contributed by atoms with E-state index in [9.17, 15) is 0 Å². The molecule has 0 bridgehead atoms. The van der Waals surface area contributed by atoms with E-state index in [-0.39, 0.29) is 6.04 Å². The summed E-state index contributed by atoms with van der Waals surface area (Å²) in [5.74, 6) is 1.11. The largest absolute Gasteiger partial charge is 0.357 e. The first-order chi connectivity index (χ1) is 10.2. The lowest BCUT2D eigenvalue weighted by Crippen LogP contribution is -2.46. The second kappa shape index (κ2) is 6.75. The molecule has 0 unspecified atom stereocenters. The van der Waals surface area contributed by atoms with Gasteiger partial charge in [-0.1, -0.05) is 12.5 Å². The molecule has 21 heavy (non-hydrogen) atoms. The predicted octanol–water partition coefficient (Wildman–Crippen LogP) is 2.56. The van der Waals surface area contributed by atoms with Crippen LogP contribution in [0.1, 0.15) is 50.6 Å². The maximum atomic E-state index is 5.88. The predicted molar refractivity (Wildman–Crippen MR) is 87.5 cm³/mol. The van der Waals surface area contributed by atoms with Crippen molar-refractivity contribution in [3.05, 3.63) is 23.9 Å². The number of pyridine rings is 1. The minimum atomic E-state index is 0.0661. The van der Waals surface area contributed by atoms with Crippen LogP contribution in [-0.4, -0.2) is 42.1 Å². The fourth-order valence-electron chi connectivity index (χ4n) is 3.60. The van der Waals surface area contributed by atoms with Gasteiger partial charge in [-0.25, -0.2) is 4.98 Å². The number of nitrogens with two attached hydrogens (primary N) is 1. The molecular formula is C17H28N4. The zero-order valence-corrected chi connectivity index (χ0v) is 13.2. The number of nitrogens with zero attached hydrogens (tertiary/aromatic N) is 3. The Balaban J connectivity index is 1.55. The Morgan fingerprint density at radius 3 is 2.38 bits per heavy atom. The molecule has 0 saturated carbocycles. The van der Waals surface area contributed by atoms with Crippen molar-refractivity contribution in [3.8, 4) is 0 Å². The van der Waals surface area contributed by atoms with Crippen molar-refractivity contribution in [3.63, 3.8) is 0 Å². The third kappa shape index (κ3) is 3.55. The average molecular weight is 288 g/mol. The van der Waals surface area contributed by atoms with E-state index in [0.717, 1.165) is 30.5 Å². The summed E-state index contributed by atoms with van der Waals surface area (Å²) in [7, 11) is 0. The lowest BCUT2D eigenvalue weighted by molar-refractivity contribution is 0.141. The SMILES string of the molecule is C[C@H](N)c1ccc(N2CCC(N3CCCCC3)CC2)nc1. The average Bonchev–Trinajstić information content (AvgIpc) is 2.56. The number of hydrogen-bond donors (Lipinski definition) is 1. The summed E-state index contributed by atoms with van der Waals surface area (Å²) in [4.78, 5) is 9.73. The molecule has 2 fully saturated rings. The fourth-order valence-corrected chi connectivity index (χ4v) is 3.60. The highest BCUT2D eigenvalue weighted by Crippen LogP contribution is 2.24. The number of aromatic nitrogens is 1.